The quantitative estimate of drug-likeness (QED) is 0.614. The number of benzene rings is 3. The third kappa shape index (κ3) is 5.02. The molecule has 3 nitrogen and oxygen atoms in total. The molecule has 0 aliphatic rings. The van der Waals surface area contributed by atoms with E-state index in [1.165, 1.54) is 6.07 Å². The fraction of sp³-hybridized carbons (Fsp3) is 0.100. The van der Waals surface area contributed by atoms with Crippen molar-refractivity contribution in [2.24, 2.45) is 0 Å². The van der Waals surface area contributed by atoms with Crippen LogP contribution in [-0.4, -0.2) is 0 Å². The molecule has 0 aliphatic heterocycles. The molecular formula is C20H18F2N2O. The largest absolute Gasteiger partial charge is 0.489 e. The maximum absolute atomic E-state index is 13.2. The Morgan fingerprint density at radius 3 is 2.36 bits per heavy atom. The van der Waals surface area contributed by atoms with Crippen LogP contribution in [0.25, 0.3) is 0 Å². The van der Waals surface area contributed by atoms with Crippen molar-refractivity contribution < 1.29 is 13.5 Å². The van der Waals surface area contributed by atoms with Gasteiger partial charge in [0.05, 0.1) is 0 Å². The fourth-order valence-corrected chi connectivity index (χ4v) is 2.33. The van der Waals surface area contributed by atoms with Crippen LogP contribution in [0.15, 0.2) is 72.8 Å². The van der Waals surface area contributed by atoms with Crippen molar-refractivity contribution in [3.05, 3.63) is 95.6 Å². The van der Waals surface area contributed by atoms with E-state index in [0.29, 0.717) is 12.3 Å². The van der Waals surface area contributed by atoms with E-state index in [9.17, 15) is 8.78 Å². The zero-order chi connectivity index (χ0) is 17.5. The lowest BCUT2D eigenvalue weighted by Crippen LogP contribution is -2.20. The van der Waals surface area contributed by atoms with Crippen LogP contribution in [0.1, 0.15) is 11.1 Å². The molecular weight excluding hydrogens is 322 g/mol. The van der Waals surface area contributed by atoms with Crippen LogP contribution in [-0.2, 0) is 13.2 Å². The highest BCUT2D eigenvalue weighted by Crippen LogP contribution is 2.17. The number of hydrogen-bond donors (Lipinski definition) is 2. The zero-order valence-electron chi connectivity index (χ0n) is 13.5. The summed E-state index contributed by atoms with van der Waals surface area (Å²) in [6, 6.07) is 21.2. The predicted molar refractivity (Wildman–Crippen MR) is 94.0 cm³/mol. The maximum Gasteiger partial charge on any atom is 0.162 e. The summed E-state index contributed by atoms with van der Waals surface area (Å²) < 4.78 is 31.6. The number of hydrazine groups is 1. The first-order valence-corrected chi connectivity index (χ1v) is 7.90. The smallest absolute Gasteiger partial charge is 0.162 e. The number of halogens is 2. The molecule has 3 rings (SSSR count). The van der Waals surface area contributed by atoms with Crippen LogP contribution in [0.5, 0.6) is 5.75 Å². The molecule has 128 valence electrons. The van der Waals surface area contributed by atoms with Gasteiger partial charge < -0.3 is 10.2 Å². The number of hydrogen-bond acceptors (Lipinski definition) is 3. The second-order valence-electron chi connectivity index (χ2n) is 5.53. The molecule has 3 aromatic carbocycles. The summed E-state index contributed by atoms with van der Waals surface area (Å²) in [6.07, 6.45) is 0. The van der Waals surface area contributed by atoms with Crippen LogP contribution in [0.3, 0.4) is 0 Å². The molecule has 0 unspecified atom stereocenters. The third-order valence-corrected chi connectivity index (χ3v) is 3.59. The molecule has 0 saturated carbocycles. The van der Waals surface area contributed by atoms with Crippen molar-refractivity contribution in [2.45, 2.75) is 13.2 Å². The van der Waals surface area contributed by atoms with Gasteiger partial charge in [0.25, 0.3) is 0 Å². The summed E-state index contributed by atoms with van der Waals surface area (Å²) in [5, 5.41) is 0. The van der Waals surface area contributed by atoms with Crippen LogP contribution < -0.4 is 15.6 Å². The molecule has 0 saturated heterocycles. The van der Waals surface area contributed by atoms with Crippen LogP contribution in [0.4, 0.5) is 14.5 Å². The van der Waals surface area contributed by atoms with Gasteiger partial charge in [-0.05, 0) is 35.4 Å². The Kier molecular flexibility index (Phi) is 5.59. The lowest BCUT2D eigenvalue weighted by atomic mass is 10.1. The first-order chi connectivity index (χ1) is 12.2. The molecule has 5 heteroatoms. The van der Waals surface area contributed by atoms with E-state index >= 15 is 0 Å². The zero-order valence-corrected chi connectivity index (χ0v) is 13.5. The summed E-state index contributed by atoms with van der Waals surface area (Å²) in [6.45, 7) is 0.916. The summed E-state index contributed by atoms with van der Waals surface area (Å²) in [5.41, 5.74) is 9.29. The summed E-state index contributed by atoms with van der Waals surface area (Å²) in [4.78, 5) is 0. The summed E-state index contributed by atoms with van der Waals surface area (Å²) >= 11 is 0. The second-order valence-corrected chi connectivity index (χ2v) is 5.53. The fourth-order valence-electron chi connectivity index (χ4n) is 2.33. The lowest BCUT2D eigenvalue weighted by molar-refractivity contribution is 0.303. The van der Waals surface area contributed by atoms with Gasteiger partial charge in [-0.15, -0.1) is 0 Å². The number of ether oxygens (including phenoxy) is 1. The Labute approximate surface area is 145 Å². The molecule has 0 aromatic heterocycles. The van der Waals surface area contributed by atoms with Crippen molar-refractivity contribution in [1.29, 1.82) is 0 Å². The van der Waals surface area contributed by atoms with Gasteiger partial charge in [0.2, 0.25) is 0 Å². The normalized spacial score (nSPS) is 10.5. The van der Waals surface area contributed by atoms with Gasteiger partial charge in [-0.2, -0.15) is 0 Å². The van der Waals surface area contributed by atoms with Crippen LogP contribution >= 0.6 is 0 Å². The van der Waals surface area contributed by atoms with Crippen molar-refractivity contribution in [3.8, 4) is 5.75 Å². The van der Waals surface area contributed by atoms with Crippen molar-refractivity contribution in [3.63, 3.8) is 0 Å². The molecule has 0 heterocycles. The molecule has 3 aromatic rings. The monoisotopic (exact) mass is 340 g/mol. The Balaban J connectivity index is 1.53. The van der Waals surface area contributed by atoms with Crippen LogP contribution in [0.2, 0.25) is 0 Å². The highest BCUT2D eigenvalue weighted by molar-refractivity contribution is 5.41. The Bertz CT molecular complexity index is 825. The van der Waals surface area contributed by atoms with Gasteiger partial charge in [-0.25, -0.2) is 14.2 Å². The Morgan fingerprint density at radius 1 is 0.760 bits per heavy atom. The van der Waals surface area contributed by atoms with Gasteiger partial charge in [0.15, 0.2) is 11.6 Å². The minimum absolute atomic E-state index is 0.283. The van der Waals surface area contributed by atoms with Crippen molar-refractivity contribution in [1.82, 2.24) is 5.43 Å². The van der Waals surface area contributed by atoms with Gasteiger partial charge >= 0.3 is 0 Å². The molecule has 25 heavy (non-hydrogen) atoms. The molecule has 0 aliphatic carbocycles. The molecule has 0 amide bonds. The SMILES string of the molecule is Fc1ccc(OCc2cccc(CNNc3ccccc3)c2)cc1F. The standard InChI is InChI=1S/C20H18F2N2O/c21-19-10-9-18(12-20(19)22)25-14-16-6-4-5-15(11-16)13-23-24-17-7-2-1-3-8-17/h1-12,23-24H,13-14H2. The minimum Gasteiger partial charge on any atom is -0.489 e. The Morgan fingerprint density at radius 2 is 1.56 bits per heavy atom. The summed E-state index contributed by atoms with van der Waals surface area (Å²) in [5.74, 6) is -1.50. The van der Waals surface area contributed by atoms with Gasteiger partial charge in [0.1, 0.15) is 12.4 Å². The molecule has 0 atom stereocenters. The van der Waals surface area contributed by atoms with E-state index in [4.69, 9.17) is 4.74 Å². The number of anilines is 1. The van der Waals surface area contributed by atoms with Gasteiger partial charge in [-0.3, -0.25) is 0 Å². The molecule has 0 bridgehead atoms. The van der Waals surface area contributed by atoms with Crippen molar-refractivity contribution >= 4 is 5.69 Å². The predicted octanol–water partition coefficient (Wildman–Crippen LogP) is 4.66. The van der Waals surface area contributed by atoms with Gasteiger partial charge in [0, 0.05) is 18.3 Å². The van der Waals surface area contributed by atoms with Gasteiger partial charge in [-0.1, -0.05) is 42.5 Å². The minimum atomic E-state index is -0.914. The van der Waals surface area contributed by atoms with E-state index in [1.807, 2.05) is 54.6 Å². The number of nitrogens with one attached hydrogen (secondary N) is 2. The average molecular weight is 340 g/mol. The Hall–Kier alpha value is -2.92. The highest BCUT2D eigenvalue weighted by atomic mass is 19.2. The van der Waals surface area contributed by atoms with Crippen LogP contribution in [0, 0.1) is 11.6 Å². The topological polar surface area (TPSA) is 33.3 Å². The molecule has 0 radical (unpaired) electrons. The van der Waals surface area contributed by atoms with E-state index in [-0.39, 0.29) is 6.61 Å². The molecule has 0 fully saturated rings. The molecule has 2 N–H and O–H groups in total. The maximum atomic E-state index is 13.2. The average Bonchev–Trinajstić information content (AvgIpc) is 2.64. The summed E-state index contributed by atoms with van der Waals surface area (Å²) in [7, 11) is 0. The van der Waals surface area contributed by atoms with E-state index < -0.39 is 11.6 Å². The van der Waals surface area contributed by atoms with E-state index in [0.717, 1.165) is 28.9 Å². The first-order valence-electron chi connectivity index (χ1n) is 7.90. The number of rotatable bonds is 7. The lowest BCUT2D eigenvalue weighted by Gasteiger charge is -2.10. The van der Waals surface area contributed by atoms with E-state index in [2.05, 4.69) is 10.9 Å². The molecule has 0 spiro atoms. The first kappa shape index (κ1) is 16.9. The third-order valence-electron chi connectivity index (χ3n) is 3.59. The second kappa shape index (κ2) is 8.26. The number of para-hydroxylation sites is 1. The van der Waals surface area contributed by atoms with Crippen molar-refractivity contribution in [2.75, 3.05) is 5.43 Å². The van der Waals surface area contributed by atoms with E-state index in [1.54, 1.807) is 0 Å². The highest BCUT2D eigenvalue weighted by Gasteiger charge is 2.04.